The Kier molecular flexibility index (Phi) is 3.27. The molecule has 0 atom stereocenters. The van der Waals surface area contributed by atoms with Crippen molar-refractivity contribution in [2.45, 2.75) is 25.8 Å². The van der Waals surface area contributed by atoms with Crippen molar-refractivity contribution in [2.24, 2.45) is 0 Å². The third kappa shape index (κ3) is 2.14. The van der Waals surface area contributed by atoms with E-state index in [1.165, 1.54) is 24.1 Å². The molecule has 1 N–H and O–H groups in total. The van der Waals surface area contributed by atoms with Crippen molar-refractivity contribution in [3.05, 3.63) is 36.0 Å². The van der Waals surface area contributed by atoms with E-state index in [4.69, 9.17) is 4.74 Å². The Labute approximate surface area is 115 Å². The van der Waals surface area contributed by atoms with Crippen LogP contribution in [0.2, 0.25) is 0 Å². The van der Waals surface area contributed by atoms with Crippen LogP contribution in [-0.4, -0.2) is 48.6 Å². The van der Waals surface area contributed by atoms with Crippen molar-refractivity contribution in [3.63, 3.8) is 0 Å². The summed E-state index contributed by atoms with van der Waals surface area (Å²) in [6.45, 7) is 15.3. The number of nitrogens with one attached hydrogen (secondary N) is 1. The predicted molar refractivity (Wildman–Crippen MR) is 76.2 cm³/mol. The van der Waals surface area contributed by atoms with Crippen LogP contribution in [0.4, 0.5) is 0 Å². The highest BCUT2D eigenvalue weighted by Crippen LogP contribution is 2.33. The van der Waals surface area contributed by atoms with Gasteiger partial charge in [-0.15, -0.1) is 0 Å². The molecule has 2 saturated heterocycles. The first-order chi connectivity index (χ1) is 9.18. The summed E-state index contributed by atoms with van der Waals surface area (Å²) in [5.74, 6) is 1.95. The second-order valence-electron chi connectivity index (χ2n) is 5.53. The fourth-order valence-corrected chi connectivity index (χ4v) is 3.24. The molecule has 0 saturated carbocycles. The zero-order valence-electron chi connectivity index (χ0n) is 11.7. The van der Waals surface area contributed by atoms with Gasteiger partial charge in [-0.3, -0.25) is 0 Å². The Morgan fingerprint density at radius 3 is 2.58 bits per heavy atom. The molecule has 0 unspecified atom stereocenters. The average molecular weight is 261 g/mol. The SMILES string of the molecule is C=C1OCC(N2CCN(C3CCNCC3)C2=C)=C1C. The average Bonchev–Trinajstić information content (AvgIpc) is 2.96. The molecule has 2 fully saturated rings. The predicted octanol–water partition coefficient (Wildman–Crippen LogP) is 1.65. The summed E-state index contributed by atoms with van der Waals surface area (Å²) in [4.78, 5) is 4.79. The number of piperidine rings is 1. The summed E-state index contributed by atoms with van der Waals surface area (Å²) in [6.07, 6.45) is 2.43. The summed E-state index contributed by atoms with van der Waals surface area (Å²) in [5, 5.41) is 3.42. The van der Waals surface area contributed by atoms with Gasteiger partial charge < -0.3 is 19.9 Å². The highest BCUT2D eigenvalue weighted by Gasteiger charge is 2.33. The van der Waals surface area contributed by atoms with Gasteiger partial charge in [0, 0.05) is 24.7 Å². The van der Waals surface area contributed by atoms with E-state index in [1.54, 1.807) is 0 Å². The maximum atomic E-state index is 5.54. The van der Waals surface area contributed by atoms with Gasteiger partial charge in [-0.2, -0.15) is 0 Å². The van der Waals surface area contributed by atoms with Gasteiger partial charge in [0.1, 0.15) is 18.2 Å². The molecule has 3 aliphatic heterocycles. The summed E-state index contributed by atoms with van der Waals surface area (Å²) in [7, 11) is 0. The van der Waals surface area contributed by atoms with Crippen molar-refractivity contribution in [2.75, 3.05) is 32.8 Å². The first-order valence-corrected chi connectivity index (χ1v) is 7.14. The fraction of sp³-hybridized carbons (Fsp3) is 0.600. The first-order valence-electron chi connectivity index (χ1n) is 7.14. The normalized spacial score (nSPS) is 25.5. The van der Waals surface area contributed by atoms with Crippen LogP contribution in [0, 0.1) is 0 Å². The highest BCUT2D eigenvalue weighted by molar-refractivity contribution is 5.34. The number of hydrogen-bond acceptors (Lipinski definition) is 4. The van der Waals surface area contributed by atoms with Gasteiger partial charge in [0.25, 0.3) is 0 Å². The molecule has 0 amide bonds. The number of ether oxygens (including phenoxy) is 1. The van der Waals surface area contributed by atoms with Gasteiger partial charge in [0.2, 0.25) is 0 Å². The molecule has 3 rings (SSSR count). The monoisotopic (exact) mass is 261 g/mol. The van der Waals surface area contributed by atoms with Crippen LogP contribution in [0.5, 0.6) is 0 Å². The summed E-state index contributed by atoms with van der Waals surface area (Å²) >= 11 is 0. The highest BCUT2D eigenvalue weighted by atomic mass is 16.5. The Bertz CT molecular complexity index is 435. The molecule has 0 radical (unpaired) electrons. The topological polar surface area (TPSA) is 27.7 Å². The largest absolute Gasteiger partial charge is 0.488 e. The van der Waals surface area contributed by atoms with E-state index < -0.39 is 0 Å². The van der Waals surface area contributed by atoms with Gasteiger partial charge in [0.15, 0.2) is 0 Å². The van der Waals surface area contributed by atoms with E-state index >= 15 is 0 Å². The first kappa shape index (κ1) is 12.6. The van der Waals surface area contributed by atoms with Crippen LogP contribution in [0.25, 0.3) is 0 Å². The third-order valence-electron chi connectivity index (χ3n) is 4.52. The van der Waals surface area contributed by atoms with Crippen molar-refractivity contribution in [3.8, 4) is 0 Å². The Morgan fingerprint density at radius 2 is 1.95 bits per heavy atom. The molecule has 3 aliphatic rings. The molecule has 0 aliphatic carbocycles. The Morgan fingerprint density at radius 1 is 1.21 bits per heavy atom. The maximum Gasteiger partial charge on any atom is 0.129 e. The molecule has 19 heavy (non-hydrogen) atoms. The number of hydrogen-bond donors (Lipinski definition) is 1. The lowest BCUT2D eigenvalue weighted by atomic mass is 10.1. The fourth-order valence-electron chi connectivity index (χ4n) is 3.24. The molecular formula is C15H23N3O. The van der Waals surface area contributed by atoms with Gasteiger partial charge in [-0.05, 0) is 32.9 Å². The van der Waals surface area contributed by atoms with Gasteiger partial charge in [-0.1, -0.05) is 13.2 Å². The zero-order chi connectivity index (χ0) is 13.4. The van der Waals surface area contributed by atoms with Crippen LogP contribution in [-0.2, 0) is 4.74 Å². The molecular weight excluding hydrogens is 238 g/mol. The minimum Gasteiger partial charge on any atom is -0.488 e. The molecule has 0 spiro atoms. The Balaban J connectivity index is 1.73. The van der Waals surface area contributed by atoms with Crippen molar-refractivity contribution in [1.82, 2.24) is 15.1 Å². The maximum absolute atomic E-state index is 5.54. The van der Waals surface area contributed by atoms with Gasteiger partial charge in [0.05, 0.1) is 5.70 Å². The van der Waals surface area contributed by atoms with Gasteiger partial charge >= 0.3 is 0 Å². The van der Waals surface area contributed by atoms with E-state index in [0.717, 1.165) is 37.8 Å². The van der Waals surface area contributed by atoms with Crippen LogP contribution >= 0.6 is 0 Å². The third-order valence-corrected chi connectivity index (χ3v) is 4.52. The minimum atomic E-state index is 0.643. The molecule has 0 aromatic rings. The van der Waals surface area contributed by atoms with Crippen LogP contribution < -0.4 is 5.32 Å². The van der Waals surface area contributed by atoms with E-state index in [-0.39, 0.29) is 0 Å². The number of allylic oxidation sites excluding steroid dienone is 1. The smallest absolute Gasteiger partial charge is 0.129 e. The van der Waals surface area contributed by atoms with Crippen LogP contribution in [0.15, 0.2) is 36.0 Å². The molecule has 4 heteroatoms. The summed E-state index contributed by atoms with van der Waals surface area (Å²) in [5.41, 5.74) is 2.42. The molecule has 4 nitrogen and oxygen atoms in total. The lowest BCUT2D eigenvalue weighted by molar-refractivity contribution is 0.218. The van der Waals surface area contributed by atoms with Crippen LogP contribution in [0.3, 0.4) is 0 Å². The minimum absolute atomic E-state index is 0.643. The van der Waals surface area contributed by atoms with E-state index in [1.807, 2.05) is 0 Å². The quantitative estimate of drug-likeness (QED) is 0.818. The molecule has 0 aromatic carbocycles. The molecule has 104 valence electrons. The van der Waals surface area contributed by atoms with Crippen molar-refractivity contribution >= 4 is 0 Å². The molecule has 3 heterocycles. The Hall–Kier alpha value is -1.42. The molecule has 0 bridgehead atoms. The molecule has 0 aromatic heterocycles. The van der Waals surface area contributed by atoms with E-state index in [2.05, 4.69) is 35.2 Å². The van der Waals surface area contributed by atoms with E-state index in [9.17, 15) is 0 Å². The number of nitrogens with zero attached hydrogens (tertiary/aromatic N) is 2. The lowest BCUT2D eigenvalue weighted by Gasteiger charge is -2.34. The second-order valence-corrected chi connectivity index (χ2v) is 5.53. The summed E-state index contributed by atoms with van der Waals surface area (Å²) < 4.78 is 5.54. The standard InChI is InChI=1S/C15H23N3O/c1-11-12(2)19-10-15(11)18-9-8-17(13(18)3)14-4-6-16-7-5-14/h14,16H,2-10H2,1H3. The zero-order valence-corrected chi connectivity index (χ0v) is 11.7. The summed E-state index contributed by atoms with van der Waals surface area (Å²) in [6, 6.07) is 0.644. The van der Waals surface area contributed by atoms with Crippen LogP contribution in [0.1, 0.15) is 19.8 Å². The van der Waals surface area contributed by atoms with Gasteiger partial charge in [-0.25, -0.2) is 0 Å². The van der Waals surface area contributed by atoms with E-state index in [0.29, 0.717) is 12.6 Å². The lowest BCUT2D eigenvalue weighted by Crippen LogP contribution is -2.41. The number of rotatable bonds is 2. The van der Waals surface area contributed by atoms with Crippen molar-refractivity contribution in [1.29, 1.82) is 0 Å². The second kappa shape index (κ2) is 4.93. The van der Waals surface area contributed by atoms with Crippen molar-refractivity contribution < 1.29 is 4.74 Å².